The van der Waals surface area contributed by atoms with Crippen molar-refractivity contribution >= 4 is 11.5 Å². The molecular formula is C19H24F2O2. The van der Waals surface area contributed by atoms with Crippen molar-refractivity contribution in [3.8, 4) is 0 Å². The lowest BCUT2D eigenvalue weighted by Crippen LogP contribution is -2.25. The van der Waals surface area contributed by atoms with Crippen molar-refractivity contribution in [1.82, 2.24) is 0 Å². The fourth-order valence-corrected chi connectivity index (χ4v) is 3.39. The highest BCUT2D eigenvalue weighted by molar-refractivity contribution is 5.94. The second kappa shape index (κ2) is 5.73. The predicted molar refractivity (Wildman–Crippen MR) is 88.0 cm³/mol. The Morgan fingerprint density at radius 3 is 2.04 bits per heavy atom. The topological polar surface area (TPSA) is 26.3 Å². The molecule has 1 aliphatic rings. The van der Waals surface area contributed by atoms with Crippen molar-refractivity contribution in [1.29, 1.82) is 0 Å². The van der Waals surface area contributed by atoms with E-state index >= 15 is 0 Å². The molecular weight excluding hydrogens is 298 g/mol. The summed E-state index contributed by atoms with van der Waals surface area (Å²) in [5.41, 5.74) is 8.48. The molecule has 0 aromatic heterocycles. The van der Waals surface area contributed by atoms with Crippen molar-refractivity contribution in [2.24, 2.45) is 0 Å². The maximum atomic E-state index is 13.0. The van der Waals surface area contributed by atoms with Crippen LogP contribution in [0.15, 0.2) is 5.57 Å². The Balaban J connectivity index is 2.53. The van der Waals surface area contributed by atoms with E-state index in [-0.39, 0.29) is 0 Å². The Kier molecular flexibility index (Phi) is 4.40. The Morgan fingerprint density at radius 2 is 1.52 bits per heavy atom. The molecule has 126 valence electrons. The average molecular weight is 322 g/mol. The molecule has 0 saturated heterocycles. The summed E-state index contributed by atoms with van der Waals surface area (Å²) in [6.45, 7) is 11.9. The third kappa shape index (κ3) is 2.91. The van der Waals surface area contributed by atoms with Gasteiger partial charge in [-0.15, -0.1) is 0 Å². The van der Waals surface area contributed by atoms with Gasteiger partial charge in [0.05, 0.1) is 0 Å². The highest BCUT2D eigenvalue weighted by Gasteiger charge is 2.37. The Hall–Kier alpha value is -1.71. The monoisotopic (exact) mass is 322 g/mol. The molecule has 1 aromatic carbocycles. The van der Waals surface area contributed by atoms with E-state index in [0.717, 1.165) is 45.9 Å². The first-order chi connectivity index (χ1) is 10.5. The fraction of sp³-hybridized carbons (Fsp3) is 0.526. The van der Waals surface area contributed by atoms with Gasteiger partial charge in [-0.25, -0.2) is 8.78 Å². The van der Waals surface area contributed by atoms with E-state index in [9.17, 15) is 13.6 Å². The van der Waals surface area contributed by atoms with Crippen LogP contribution in [0, 0.1) is 27.7 Å². The number of hydrogen-bond acceptors (Lipinski definition) is 2. The minimum atomic E-state index is -3.02. The van der Waals surface area contributed by atoms with Gasteiger partial charge in [-0.3, -0.25) is 4.79 Å². The summed E-state index contributed by atoms with van der Waals surface area (Å²) in [5.74, 6) is -4.18. The smallest absolute Gasteiger partial charge is 0.317 e. The van der Waals surface area contributed by atoms with Crippen molar-refractivity contribution in [2.45, 2.75) is 60.3 Å². The average Bonchev–Trinajstić information content (AvgIpc) is 2.72. The summed E-state index contributed by atoms with van der Waals surface area (Å²) < 4.78 is 30.9. The lowest BCUT2D eigenvalue weighted by Gasteiger charge is -2.21. The molecule has 0 radical (unpaired) electrons. The predicted octanol–water partition coefficient (Wildman–Crippen LogP) is 5.01. The summed E-state index contributed by atoms with van der Waals surface area (Å²) in [7, 11) is 0. The molecule has 0 heterocycles. The highest BCUT2D eigenvalue weighted by Crippen LogP contribution is 2.47. The SMILES string of the molecule is CC1=C(C)C(C(=O)OCC(C)(F)F)c2c(C)c(C)c(C)c(C)c21. The van der Waals surface area contributed by atoms with Gasteiger partial charge in [-0.1, -0.05) is 5.57 Å². The number of benzene rings is 1. The zero-order valence-corrected chi connectivity index (χ0v) is 14.9. The van der Waals surface area contributed by atoms with Gasteiger partial charge in [-0.05, 0) is 80.5 Å². The number of allylic oxidation sites excluding steroid dienone is 1. The summed E-state index contributed by atoms with van der Waals surface area (Å²) in [4.78, 5) is 12.5. The molecule has 1 aromatic rings. The molecule has 1 atom stereocenters. The van der Waals surface area contributed by atoms with Crippen LogP contribution >= 0.6 is 0 Å². The molecule has 1 aliphatic carbocycles. The zero-order valence-electron chi connectivity index (χ0n) is 14.9. The van der Waals surface area contributed by atoms with E-state index in [1.165, 1.54) is 5.56 Å². The second-order valence-electron chi connectivity index (χ2n) is 6.71. The lowest BCUT2D eigenvalue weighted by atomic mass is 9.85. The summed E-state index contributed by atoms with van der Waals surface area (Å²) in [5, 5.41) is 0. The number of fused-ring (bicyclic) bond motifs is 1. The second-order valence-corrected chi connectivity index (χ2v) is 6.71. The van der Waals surface area contributed by atoms with Crippen LogP contribution in [0.3, 0.4) is 0 Å². The molecule has 0 spiro atoms. The van der Waals surface area contributed by atoms with Gasteiger partial charge in [0.1, 0.15) is 5.92 Å². The van der Waals surface area contributed by atoms with Gasteiger partial charge in [0.25, 0.3) is 5.92 Å². The molecule has 0 bridgehead atoms. The van der Waals surface area contributed by atoms with Crippen molar-refractivity contribution < 1.29 is 18.3 Å². The van der Waals surface area contributed by atoms with E-state index in [1.54, 1.807) is 0 Å². The van der Waals surface area contributed by atoms with Crippen LogP contribution in [0.25, 0.3) is 5.57 Å². The van der Waals surface area contributed by atoms with Crippen LogP contribution in [0.4, 0.5) is 8.78 Å². The molecule has 0 fully saturated rings. The number of halogens is 2. The van der Waals surface area contributed by atoms with Gasteiger partial charge in [0.2, 0.25) is 0 Å². The molecule has 0 aliphatic heterocycles. The van der Waals surface area contributed by atoms with Crippen LogP contribution in [0.5, 0.6) is 0 Å². The summed E-state index contributed by atoms with van der Waals surface area (Å²) >= 11 is 0. The first kappa shape index (κ1) is 17.6. The van der Waals surface area contributed by atoms with E-state index in [1.807, 2.05) is 34.6 Å². The van der Waals surface area contributed by atoms with E-state index < -0.39 is 24.4 Å². The normalized spacial score (nSPS) is 17.5. The molecule has 2 rings (SSSR count). The van der Waals surface area contributed by atoms with Gasteiger partial charge in [0, 0.05) is 6.92 Å². The van der Waals surface area contributed by atoms with Crippen LogP contribution in [0.2, 0.25) is 0 Å². The minimum absolute atomic E-state index is 0.578. The molecule has 0 amide bonds. The first-order valence-electron chi connectivity index (χ1n) is 7.79. The summed E-state index contributed by atoms with van der Waals surface area (Å²) in [6, 6.07) is 0. The van der Waals surface area contributed by atoms with Gasteiger partial charge >= 0.3 is 5.97 Å². The summed E-state index contributed by atoms with van der Waals surface area (Å²) in [6.07, 6.45) is 0. The number of ether oxygens (including phenoxy) is 1. The van der Waals surface area contributed by atoms with Gasteiger partial charge in [0.15, 0.2) is 6.61 Å². The van der Waals surface area contributed by atoms with Crippen molar-refractivity contribution in [2.75, 3.05) is 6.61 Å². The zero-order chi connectivity index (χ0) is 17.7. The van der Waals surface area contributed by atoms with Crippen molar-refractivity contribution in [3.63, 3.8) is 0 Å². The van der Waals surface area contributed by atoms with Crippen LogP contribution in [-0.4, -0.2) is 18.5 Å². The van der Waals surface area contributed by atoms with Gasteiger partial charge in [-0.2, -0.15) is 0 Å². The Labute approximate surface area is 136 Å². The molecule has 1 unspecified atom stereocenters. The largest absolute Gasteiger partial charge is 0.459 e. The number of carbonyl (C=O) groups excluding carboxylic acids is 1. The fourth-order valence-electron chi connectivity index (χ4n) is 3.39. The van der Waals surface area contributed by atoms with Crippen LogP contribution in [-0.2, 0) is 9.53 Å². The standard InChI is InChI=1S/C19H24F2O2/c1-9-10(2)12(4)16-15(11(9)3)13(5)14(6)17(16)18(22)23-8-19(7,20)21/h17H,8H2,1-7H3. The number of carbonyl (C=O) groups is 1. The number of esters is 1. The molecule has 0 saturated carbocycles. The van der Waals surface area contributed by atoms with Crippen molar-refractivity contribution in [3.05, 3.63) is 39.0 Å². The maximum absolute atomic E-state index is 13.0. The number of hydrogen-bond donors (Lipinski definition) is 0. The van der Waals surface area contributed by atoms with E-state index in [0.29, 0.717) is 0 Å². The first-order valence-corrected chi connectivity index (χ1v) is 7.79. The Morgan fingerprint density at radius 1 is 1.00 bits per heavy atom. The van der Waals surface area contributed by atoms with E-state index in [2.05, 4.69) is 6.92 Å². The lowest BCUT2D eigenvalue weighted by molar-refractivity contribution is -0.154. The van der Waals surface area contributed by atoms with E-state index in [4.69, 9.17) is 4.74 Å². The highest BCUT2D eigenvalue weighted by atomic mass is 19.3. The minimum Gasteiger partial charge on any atom is -0.459 e. The molecule has 4 heteroatoms. The third-order valence-electron chi connectivity index (χ3n) is 5.13. The maximum Gasteiger partial charge on any atom is 0.317 e. The molecule has 23 heavy (non-hydrogen) atoms. The quantitative estimate of drug-likeness (QED) is 0.731. The van der Waals surface area contributed by atoms with Gasteiger partial charge < -0.3 is 4.74 Å². The molecule has 2 nitrogen and oxygen atoms in total. The van der Waals surface area contributed by atoms with Crippen LogP contribution in [0.1, 0.15) is 60.1 Å². The number of rotatable bonds is 3. The molecule has 0 N–H and O–H groups in total. The third-order valence-corrected chi connectivity index (χ3v) is 5.13. The Bertz CT molecular complexity index is 709. The number of alkyl halides is 2. The van der Waals surface area contributed by atoms with Crippen LogP contribution < -0.4 is 0 Å².